The minimum absolute atomic E-state index is 0.269. The third-order valence-electron chi connectivity index (χ3n) is 4.09. The van der Waals surface area contributed by atoms with Gasteiger partial charge in [-0.3, -0.25) is 0 Å². The minimum atomic E-state index is -0.269. The number of aromatic nitrogens is 5. The Balaban J connectivity index is 1.74. The molecule has 8 heteroatoms. The lowest BCUT2D eigenvalue weighted by atomic mass is 10.0. The van der Waals surface area contributed by atoms with E-state index < -0.39 is 0 Å². The first kappa shape index (κ1) is 15.1. The molecule has 0 saturated heterocycles. The first-order valence-electron chi connectivity index (χ1n) is 7.80. The maximum absolute atomic E-state index is 12.2. The van der Waals surface area contributed by atoms with E-state index in [1.807, 2.05) is 19.1 Å². The summed E-state index contributed by atoms with van der Waals surface area (Å²) in [6.45, 7) is 2.35. The molecule has 1 aliphatic carbocycles. The van der Waals surface area contributed by atoms with Gasteiger partial charge < -0.3 is 4.74 Å². The lowest BCUT2D eigenvalue weighted by Gasteiger charge is -2.13. The Morgan fingerprint density at radius 2 is 2.17 bits per heavy atom. The van der Waals surface area contributed by atoms with Crippen molar-refractivity contribution >= 4 is 11.3 Å². The summed E-state index contributed by atoms with van der Waals surface area (Å²) in [7, 11) is 1.59. The highest BCUT2D eigenvalue weighted by Gasteiger charge is 2.28. The number of hydrogen-bond acceptors (Lipinski definition) is 6. The van der Waals surface area contributed by atoms with Crippen molar-refractivity contribution in [3.8, 4) is 10.9 Å². The number of thiazole rings is 1. The van der Waals surface area contributed by atoms with Gasteiger partial charge in [-0.15, -0.1) is 0 Å². The third-order valence-corrected chi connectivity index (χ3v) is 4.92. The summed E-state index contributed by atoms with van der Waals surface area (Å²) in [6.07, 6.45) is 4.13. The van der Waals surface area contributed by atoms with E-state index in [0.29, 0.717) is 17.7 Å². The van der Waals surface area contributed by atoms with E-state index in [1.165, 1.54) is 39.1 Å². The van der Waals surface area contributed by atoms with E-state index in [9.17, 15) is 4.79 Å². The van der Waals surface area contributed by atoms with Crippen LogP contribution >= 0.6 is 11.3 Å². The molecule has 1 saturated carbocycles. The molecule has 0 unspecified atom stereocenters. The summed E-state index contributed by atoms with van der Waals surface area (Å²) in [5.41, 5.74) is 2.66. The van der Waals surface area contributed by atoms with Crippen LogP contribution in [0, 0.1) is 6.92 Å². The molecule has 0 spiro atoms. The van der Waals surface area contributed by atoms with Crippen molar-refractivity contribution < 1.29 is 4.74 Å². The summed E-state index contributed by atoms with van der Waals surface area (Å²) in [5.74, 6) is 0.536. The van der Waals surface area contributed by atoms with Gasteiger partial charge in [0.05, 0.1) is 5.69 Å². The summed E-state index contributed by atoms with van der Waals surface area (Å²) >= 11 is 1.51. The average Bonchev–Trinajstić information content (AvgIpc) is 3.27. The minimum Gasteiger partial charge on any atom is -0.465 e. The van der Waals surface area contributed by atoms with Gasteiger partial charge in [0.15, 0.2) is 0 Å². The Kier molecular flexibility index (Phi) is 3.68. The molecule has 2 heterocycles. The highest BCUT2D eigenvalue weighted by Crippen LogP contribution is 2.43. The highest BCUT2D eigenvalue weighted by atomic mass is 32.1. The Labute approximate surface area is 142 Å². The standard InChI is InChI=1S/C16H17N5O2S/c1-10-8-17-15(24-10)23-9-13-12(11-6-7-11)4-3-5-14(13)21-16(22)20(2)18-19-21/h3-5,8,11H,6-7,9H2,1-2H3. The molecule has 0 radical (unpaired) electrons. The zero-order valence-corrected chi connectivity index (χ0v) is 14.3. The smallest absolute Gasteiger partial charge is 0.368 e. The van der Waals surface area contributed by atoms with E-state index in [2.05, 4.69) is 21.5 Å². The molecule has 0 N–H and O–H groups in total. The maximum atomic E-state index is 12.2. The fourth-order valence-electron chi connectivity index (χ4n) is 2.72. The van der Waals surface area contributed by atoms with Crippen molar-refractivity contribution in [1.82, 2.24) is 24.8 Å². The molecule has 7 nitrogen and oxygen atoms in total. The molecular weight excluding hydrogens is 326 g/mol. The van der Waals surface area contributed by atoms with Crippen LogP contribution in [0.2, 0.25) is 0 Å². The van der Waals surface area contributed by atoms with Gasteiger partial charge in [-0.05, 0) is 47.7 Å². The monoisotopic (exact) mass is 343 g/mol. The van der Waals surface area contributed by atoms with E-state index in [-0.39, 0.29) is 5.69 Å². The lowest BCUT2D eigenvalue weighted by Crippen LogP contribution is -2.23. The van der Waals surface area contributed by atoms with E-state index >= 15 is 0 Å². The van der Waals surface area contributed by atoms with E-state index in [4.69, 9.17) is 4.74 Å². The van der Waals surface area contributed by atoms with Crippen LogP contribution in [-0.2, 0) is 13.7 Å². The first-order chi connectivity index (χ1) is 11.6. The van der Waals surface area contributed by atoms with Crippen LogP contribution in [0.15, 0.2) is 29.2 Å². The Hall–Kier alpha value is -2.48. The van der Waals surface area contributed by atoms with Crippen LogP contribution in [0.3, 0.4) is 0 Å². The number of benzene rings is 1. The summed E-state index contributed by atoms with van der Waals surface area (Å²) in [5, 5.41) is 8.42. The van der Waals surface area contributed by atoms with Gasteiger partial charge in [0.1, 0.15) is 6.61 Å². The fourth-order valence-corrected chi connectivity index (χ4v) is 3.33. The van der Waals surface area contributed by atoms with Gasteiger partial charge in [0.25, 0.3) is 5.19 Å². The van der Waals surface area contributed by atoms with Crippen LogP contribution in [0.1, 0.15) is 34.8 Å². The topological polar surface area (TPSA) is 74.8 Å². The average molecular weight is 343 g/mol. The number of nitrogens with zero attached hydrogens (tertiary/aromatic N) is 5. The number of tetrazole rings is 1. The largest absolute Gasteiger partial charge is 0.465 e. The second-order valence-corrected chi connectivity index (χ2v) is 7.14. The third kappa shape index (κ3) is 2.73. The van der Waals surface area contributed by atoms with Gasteiger partial charge in [-0.1, -0.05) is 23.5 Å². The second kappa shape index (κ2) is 5.86. The SMILES string of the molecule is Cc1cnc(OCc2c(C3CC3)cccc2-n2nnn(C)c2=O)s1. The van der Waals surface area contributed by atoms with Crippen molar-refractivity contribution in [2.24, 2.45) is 7.05 Å². The van der Waals surface area contributed by atoms with Crippen molar-refractivity contribution in [3.63, 3.8) is 0 Å². The molecular formula is C16H17N5O2S. The molecule has 3 aromatic rings. The van der Waals surface area contributed by atoms with Crippen molar-refractivity contribution in [2.45, 2.75) is 32.3 Å². The Bertz CT molecular complexity index is 938. The van der Waals surface area contributed by atoms with Gasteiger partial charge in [-0.2, -0.15) is 9.36 Å². The van der Waals surface area contributed by atoms with Crippen LogP contribution in [0.4, 0.5) is 0 Å². The van der Waals surface area contributed by atoms with E-state index in [1.54, 1.807) is 13.2 Å². The van der Waals surface area contributed by atoms with Gasteiger partial charge in [0.2, 0.25) is 0 Å². The predicted octanol–water partition coefficient (Wildman–Crippen LogP) is 2.19. The second-order valence-electron chi connectivity index (χ2n) is 5.94. The molecule has 4 rings (SSSR count). The summed E-state index contributed by atoms with van der Waals surface area (Å²) in [4.78, 5) is 17.6. The number of rotatable bonds is 5. The molecule has 1 aromatic carbocycles. The zero-order valence-electron chi connectivity index (χ0n) is 13.5. The van der Waals surface area contributed by atoms with Gasteiger partial charge in [-0.25, -0.2) is 9.78 Å². The van der Waals surface area contributed by atoms with Crippen molar-refractivity contribution in [2.75, 3.05) is 0 Å². The van der Waals surface area contributed by atoms with Crippen LogP contribution < -0.4 is 10.4 Å². The summed E-state index contributed by atoms with van der Waals surface area (Å²) < 4.78 is 8.43. The lowest BCUT2D eigenvalue weighted by molar-refractivity contribution is 0.302. The molecule has 2 aromatic heterocycles. The number of ether oxygens (including phenoxy) is 1. The van der Waals surface area contributed by atoms with Crippen LogP contribution in [-0.4, -0.2) is 24.8 Å². The van der Waals surface area contributed by atoms with Gasteiger partial charge >= 0.3 is 5.69 Å². The molecule has 0 atom stereocenters. The molecule has 1 aliphatic rings. The Morgan fingerprint density at radius 3 is 2.79 bits per heavy atom. The van der Waals surface area contributed by atoms with Crippen molar-refractivity contribution in [3.05, 3.63) is 50.9 Å². The zero-order chi connectivity index (χ0) is 16.7. The molecule has 0 amide bonds. The predicted molar refractivity (Wildman–Crippen MR) is 89.8 cm³/mol. The number of hydrogen-bond donors (Lipinski definition) is 0. The molecule has 24 heavy (non-hydrogen) atoms. The van der Waals surface area contributed by atoms with Crippen LogP contribution in [0.5, 0.6) is 5.19 Å². The molecule has 1 fully saturated rings. The maximum Gasteiger partial charge on any atom is 0.368 e. The molecule has 0 aliphatic heterocycles. The quantitative estimate of drug-likeness (QED) is 0.710. The van der Waals surface area contributed by atoms with Crippen LogP contribution in [0.25, 0.3) is 5.69 Å². The Morgan fingerprint density at radius 1 is 1.33 bits per heavy atom. The van der Waals surface area contributed by atoms with E-state index in [0.717, 1.165) is 16.1 Å². The number of aryl methyl sites for hydroxylation is 2. The normalized spacial score (nSPS) is 14.1. The summed E-state index contributed by atoms with van der Waals surface area (Å²) in [6, 6.07) is 5.95. The van der Waals surface area contributed by atoms with Gasteiger partial charge in [0, 0.05) is 23.7 Å². The first-order valence-corrected chi connectivity index (χ1v) is 8.61. The highest BCUT2D eigenvalue weighted by molar-refractivity contribution is 7.13. The van der Waals surface area contributed by atoms with Crippen molar-refractivity contribution in [1.29, 1.82) is 0 Å². The fraction of sp³-hybridized carbons (Fsp3) is 0.375. The molecule has 0 bridgehead atoms. The molecule has 124 valence electrons.